The Morgan fingerprint density at radius 1 is 0.939 bits per heavy atom. The summed E-state index contributed by atoms with van der Waals surface area (Å²) in [5, 5.41) is 0.807. The molecular formula is C25H24N4O4. The number of ether oxygens (including phenoxy) is 2. The van der Waals surface area contributed by atoms with Crippen molar-refractivity contribution < 1.29 is 19.1 Å². The molecule has 0 saturated carbocycles. The number of para-hydroxylation sites is 1. The summed E-state index contributed by atoms with van der Waals surface area (Å²) < 4.78 is 13.4. The summed E-state index contributed by atoms with van der Waals surface area (Å²) in [5.41, 5.74) is 7.65. The molecule has 2 aromatic carbocycles. The van der Waals surface area contributed by atoms with Gasteiger partial charge in [-0.15, -0.1) is 0 Å². The minimum absolute atomic E-state index is 0.327. The molecule has 4 aromatic rings. The zero-order chi connectivity index (χ0) is 23.2. The lowest BCUT2D eigenvalue weighted by Gasteiger charge is -2.14. The highest BCUT2D eigenvalue weighted by Gasteiger charge is 2.16. The van der Waals surface area contributed by atoms with Crippen LogP contribution in [0.15, 0.2) is 73.2 Å². The number of nitrogens with one attached hydrogen (secondary N) is 2. The number of carbonyl (C=O) groups excluding carboxylic acids is 2. The van der Waals surface area contributed by atoms with E-state index < -0.39 is 11.8 Å². The molecule has 33 heavy (non-hydrogen) atoms. The minimum atomic E-state index is -0.467. The number of rotatable bonds is 7. The van der Waals surface area contributed by atoms with Gasteiger partial charge in [-0.1, -0.05) is 18.2 Å². The van der Waals surface area contributed by atoms with Gasteiger partial charge in [-0.2, -0.15) is 0 Å². The number of hydrazine groups is 1. The van der Waals surface area contributed by atoms with E-state index in [4.69, 9.17) is 9.47 Å². The SMILES string of the molecule is CCOc1cc(C(=O)NNC(=O)c2cn(C)c3ccccc23)ccc1OCc1ccncc1. The van der Waals surface area contributed by atoms with Crippen LogP contribution >= 0.6 is 0 Å². The number of fused-ring (bicyclic) bond motifs is 1. The van der Waals surface area contributed by atoms with E-state index in [0.29, 0.717) is 35.8 Å². The Hall–Kier alpha value is -4.33. The zero-order valence-corrected chi connectivity index (χ0v) is 18.4. The van der Waals surface area contributed by atoms with Crippen molar-refractivity contribution in [1.82, 2.24) is 20.4 Å². The smallest absolute Gasteiger partial charge is 0.271 e. The van der Waals surface area contributed by atoms with Crippen molar-refractivity contribution in [2.75, 3.05) is 6.61 Å². The predicted molar refractivity (Wildman–Crippen MR) is 124 cm³/mol. The Labute approximate surface area is 191 Å². The number of hydrogen-bond acceptors (Lipinski definition) is 5. The topological polar surface area (TPSA) is 94.5 Å². The molecule has 0 radical (unpaired) electrons. The Balaban J connectivity index is 1.44. The Kier molecular flexibility index (Phi) is 6.54. The third-order valence-electron chi connectivity index (χ3n) is 5.08. The summed E-state index contributed by atoms with van der Waals surface area (Å²) in [7, 11) is 1.87. The van der Waals surface area contributed by atoms with Crippen molar-refractivity contribution >= 4 is 22.7 Å². The van der Waals surface area contributed by atoms with E-state index in [1.807, 2.05) is 54.9 Å². The fraction of sp³-hybridized carbons (Fsp3) is 0.160. The van der Waals surface area contributed by atoms with Gasteiger partial charge in [-0.05, 0) is 48.9 Å². The summed E-state index contributed by atoms with van der Waals surface area (Å²) in [5.74, 6) is 0.0947. The number of hydrogen-bond donors (Lipinski definition) is 2. The van der Waals surface area contributed by atoms with Crippen LogP contribution in [-0.2, 0) is 13.7 Å². The first-order valence-electron chi connectivity index (χ1n) is 10.5. The molecule has 2 heterocycles. The van der Waals surface area contributed by atoms with Crippen LogP contribution in [0.2, 0.25) is 0 Å². The van der Waals surface area contributed by atoms with Crippen LogP contribution in [0.4, 0.5) is 0 Å². The van der Waals surface area contributed by atoms with E-state index in [0.717, 1.165) is 16.5 Å². The van der Waals surface area contributed by atoms with Gasteiger partial charge in [0, 0.05) is 42.1 Å². The molecule has 2 amide bonds. The number of aromatic nitrogens is 2. The van der Waals surface area contributed by atoms with Crippen molar-refractivity contribution in [3.05, 3.63) is 89.9 Å². The zero-order valence-electron chi connectivity index (χ0n) is 18.4. The molecule has 0 atom stereocenters. The summed E-state index contributed by atoms with van der Waals surface area (Å²) in [4.78, 5) is 29.3. The Morgan fingerprint density at radius 2 is 1.70 bits per heavy atom. The highest BCUT2D eigenvalue weighted by molar-refractivity contribution is 6.08. The van der Waals surface area contributed by atoms with E-state index in [-0.39, 0.29) is 0 Å². The fourth-order valence-corrected chi connectivity index (χ4v) is 3.45. The third-order valence-corrected chi connectivity index (χ3v) is 5.08. The van der Waals surface area contributed by atoms with Gasteiger partial charge in [-0.25, -0.2) is 0 Å². The fourth-order valence-electron chi connectivity index (χ4n) is 3.45. The average Bonchev–Trinajstić information content (AvgIpc) is 3.19. The first-order valence-corrected chi connectivity index (χ1v) is 10.5. The van der Waals surface area contributed by atoms with Crippen molar-refractivity contribution in [1.29, 1.82) is 0 Å². The number of aryl methyl sites for hydroxylation is 1. The second-order valence-corrected chi connectivity index (χ2v) is 7.32. The normalized spacial score (nSPS) is 10.6. The lowest BCUT2D eigenvalue weighted by atomic mass is 10.1. The Morgan fingerprint density at radius 3 is 2.48 bits per heavy atom. The molecule has 0 spiro atoms. The quantitative estimate of drug-likeness (QED) is 0.425. The van der Waals surface area contributed by atoms with Crippen molar-refractivity contribution in [3.8, 4) is 11.5 Å². The number of carbonyl (C=O) groups is 2. The van der Waals surface area contributed by atoms with E-state index >= 15 is 0 Å². The number of amides is 2. The molecule has 0 saturated heterocycles. The highest BCUT2D eigenvalue weighted by atomic mass is 16.5. The second-order valence-electron chi connectivity index (χ2n) is 7.32. The second kappa shape index (κ2) is 9.86. The van der Waals surface area contributed by atoms with Crippen molar-refractivity contribution in [3.63, 3.8) is 0 Å². The van der Waals surface area contributed by atoms with Gasteiger partial charge >= 0.3 is 0 Å². The van der Waals surface area contributed by atoms with Gasteiger partial charge in [0.25, 0.3) is 11.8 Å². The average molecular weight is 444 g/mol. The number of pyridine rings is 1. The minimum Gasteiger partial charge on any atom is -0.490 e. The summed E-state index contributed by atoms with van der Waals surface area (Å²) >= 11 is 0. The lowest BCUT2D eigenvalue weighted by Crippen LogP contribution is -2.41. The molecule has 0 aliphatic carbocycles. The van der Waals surface area contributed by atoms with Gasteiger partial charge < -0.3 is 14.0 Å². The van der Waals surface area contributed by atoms with E-state index in [1.54, 1.807) is 36.8 Å². The molecule has 0 fully saturated rings. The highest BCUT2D eigenvalue weighted by Crippen LogP contribution is 2.29. The summed E-state index contributed by atoms with van der Waals surface area (Å²) in [6, 6.07) is 16.2. The molecule has 168 valence electrons. The van der Waals surface area contributed by atoms with Crippen LogP contribution in [0.5, 0.6) is 11.5 Å². The van der Waals surface area contributed by atoms with Gasteiger partial charge in [0.15, 0.2) is 11.5 Å². The summed E-state index contributed by atoms with van der Waals surface area (Å²) in [6.07, 6.45) is 5.12. The van der Waals surface area contributed by atoms with Gasteiger partial charge in [0.05, 0.1) is 12.2 Å². The number of nitrogens with zero attached hydrogens (tertiary/aromatic N) is 2. The van der Waals surface area contributed by atoms with Crippen molar-refractivity contribution in [2.45, 2.75) is 13.5 Å². The standard InChI is InChI=1S/C25H24N4O4/c1-3-32-23-14-18(8-9-22(23)33-16-17-10-12-26-13-11-17)24(30)27-28-25(31)20-15-29(2)21-7-5-4-6-19(20)21/h4-15H,3,16H2,1-2H3,(H,27,30)(H,28,31). The van der Waals surface area contributed by atoms with Crippen LogP contribution in [0, 0.1) is 0 Å². The van der Waals surface area contributed by atoms with Crippen LogP contribution in [-0.4, -0.2) is 28.0 Å². The molecule has 2 N–H and O–H groups in total. The van der Waals surface area contributed by atoms with Crippen molar-refractivity contribution in [2.24, 2.45) is 7.05 Å². The van der Waals surface area contributed by atoms with E-state index in [9.17, 15) is 9.59 Å². The maximum Gasteiger partial charge on any atom is 0.271 e. The first kappa shape index (κ1) is 21.9. The monoisotopic (exact) mass is 444 g/mol. The summed E-state index contributed by atoms with van der Waals surface area (Å²) in [6.45, 7) is 2.60. The molecule has 0 aliphatic heterocycles. The maximum absolute atomic E-state index is 12.7. The molecule has 8 nitrogen and oxygen atoms in total. The van der Waals surface area contributed by atoms with Crippen LogP contribution in [0.3, 0.4) is 0 Å². The molecule has 0 bridgehead atoms. The Bertz CT molecular complexity index is 1280. The molecule has 8 heteroatoms. The molecule has 0 aliphatic rings. The number of benzene rings is 2. The lowest BCUT2D eigenvalue weighted by molar-refractivity contribution is 0.0847. The largest absolute Gasteiger partial charge is 0.490 e. The van der Waals surface area contributed by atoms with E-state index in [2.05, 4.69) is 15.8 Å². The predicted octanol–water partition coefficient (Wildman–Crippen LogP) is 3.63. The third kappa shape index (κ3) is 4.95. The van der Waals surface area contributed by atoms with Crippen LogP contribution in [0.25, 0.3) is 10.9 Å². The van der Waals surface area contributed by atoms with E-state index in [1.165, 1.54) is 0 Å². The van der Waals surface area contributed by atoms with Gasteiger partial charge in [-0.3, -0.25) is 25.4 Å². The van der Waals surface area contributed by atoms with Crippen LogP contribution in [0.1, 0.15) is 33.2 Å². The van der Waals surface area contributed by atoms with Gasteiger partial charge in [0.2, 0.25) is 0 Å². The maximum atomic E-state index is 12.7. The van der Waals surface area contributed by atoms with Gasteiger partial charge in [0.1, 0.15) is 6.61 Å². The molecule has 0 unspecified atom stereocenters. The molecule has 4 rings (SSSR count). The first-order chi connectivity index (χ1) is 16.1. The molecular weight excluding hydrogens is 420 g/mol. The molecule has 2 aromatic heterocycles. The van der Waals surface area contributed by atoms with Crippen LogP contribution < -0.4 is 20.3 Å².